The fourth-order valence-electron chi connectivity index (χ4n) is 2.22. The van der Waals surface area contributed by atoms with Crippen molar-refractivity contribution < 1.29 is 29.1 Å². The average Bonchev–Trinajstić information content (AvgIpc) is 2.63. The largest absolute Gasteiger partial charge is 2.00 e. The zero-order valence-corrected chi connectivity index (χ0v) is 16.9. The van der Waals surface area contributed by atoms with E-state index < -0.39 is 11.8 Å². The second kappa shape index (κ2) is 7.90. The Labute approximate surface area is 157 Å². The number of aromatic nitrogens is 1. The summed E-state index contributed by atoms with van der Waals surface area (Å²) in [6, 6.07) is 11.9. The number of hydrazone groups is 2. The van der Waals surface area contributed by atoms with Crippen molar-refractivity contribution in [2.24, 2.45) is 10.2 Å². The van der Waals surface area contributed by atoms with Gasteiger partial charge in [0.25, 0.3) is 11.8 Å². The molecular weight excluding hydrogens is 372 g/mol. The predicted octanol–water partition coefficient (Wildman–Crippen LogP) is 1.70. The fraction of sp³-hybridized carbons (Fsp3) is 0.118. The van der Waals surface area contributed by atoms with Crippen molar-refractivity contribution in [1.82, 2.24) is 15.8 Å². The van der Waals surface area contributed by atoms with Gasteiger partial charge in [-0.2, -0.15) is 10.2 Å². The molecule has 2 N–H and O–H groups in total. The van der Waals surface area contributed by atoms with E-state index in [0.29, 0.717) is 22.8 Å². The normalized spacial score (nSPS) is 14.2. The monoisotopic (exact) mass is 385 g/mol. The van der Waals surface area contributed by atoms with Crippen LogP contribution in [0.25, 0.3) is 0 Å². The summed E-state index contributed by atoms with van der Waals surface area (Å²) in [7, 11) is 0. The van der Waals surface area contributed by atoms with Crippen molar-refractivity contribution in [3.8, 4) is 0 Å². The Bertz CT molecular complexity index is 824. The molecule has 0 aliphatic carbocycles. The van der Waals surface area contributed by atoms with E-state index in [1.165, 1.54) is 0 Å². The molecule has 25 heavy (non-hydrogen) atoms. The van der Waals surface area contributed by atoms with Gasteiger partial charge in [0.2, 0.25) is 0 Å². The maximum Gasteiger partial charge on any atom is 2.00 e. The van der Waals surface area contributed by atoms with Crippen molar-refractivity contribution >= 4 is 23.2 Å². The van der Waals surface area contributed by atoms with Gasteiger partial charge in [-0.1, -0.05) is 18.2 Å². The number of nitrogens with one attached hydrogen (secondary N) is 2. The van der Waals surface area contributed by atoms with Gasteiger partial charge in [-0.15, -0.1) is 0 Å². The van der Waals surface area contributed by atoms with Crippen molar-refractivity contribution in [3.05, 3.63) is 65.0 Å². The van der Waals surface area contributed by atoms with E-state index in [-0.39, 0.29) is 30.6 Å². The van der Waals surface area contributed by atoms with Gasteiger partial charge < -0.3 is 0 Å². The minimum absolute atomic E-state index is 0. The predicted molar refractivity (Wildman–Crippen MR) is 90.0 cm³/mol. The van der Waals surface area contributed by atoms with Crippen LogP contribution in [0.3, 0.4) is 0 Å². The zero-order chi connectivity index (χ0) is 17.1. The number of nitrogens with zero attached hydrogens (tertiary/aromatic N) is 3. The molecule has 2 aromatic rings. The van der Waals surface area contributed by atoms with E-state index in [1.54, 1.807) is 50.2 Å². The van der Waals surface area contributed by atoms with Gasteiger partial charge in [0.1, 0.15) is 0 Å². The quantitative estimate of drug-likeness (QED) is 0.674. The Balaban J connectivity index is 0.00000225. The minimum atomic E-state index is -0.476. The van der Waals surface area contributed by atoms with Crippen LogP contribution in [0.1, 0.15) is 46.0 Å². The molecule has 0 saturated heterocycles. The van der Waals surface area contributed by atoms with Crippen LogP contribution in [0.4, 0.5) is 0 Å². The maximum atomic E-state index is 12.3. The Morgan fingerprint density at radius 2 is 1.16 bits per heavy atom. The van der Waals surface area contributed by atoms with E-state index >= 15 is 0 Å². The molecule has 2 amide bonds. The van der Waals surface area contributed by atoms with Crippen LogP contribution in [0.15, 0.2) is 52.7 Å². The fourth-order valence-corrected chi connectivity index (χ4v) is 2.22. The van der Waals surface area contributed by atoms with E-state index in [9.17, 15) is 9.59 Å². The average molecular weight is 387 g/mol. The smallest absolute Gasteiger partial charge is 0.267 e. The summed E-state index contributed by atoms with van der Waals surface area (Å²) in [6.45, 7) is 3.49. The molecule has 0 atom stereocenters. The van der Waals surface area contributed by atoms with E-state index in [2.05, 4.69) is 26.0 Å². The molecule has 1 aromatic heterocycles. The molecule has 3 rings (SSSR count). The van der Waals surface area contributed by atoms with Gasteiger partial charge in [-0.25, -0.2) is 15.8 Å². The first kappa shape index (κ1) is 18.6. The molecule has 0 unspecified atom stereocenters. The second-order valence-corrected chi connectivity index (χ2v) is 5.23. The Kier molecular flexibility index (Phi) is 5.88. The zero-order valence-electron chi connectivity index (χ0n) is 13.9. The third-order valence-corrected chi connectivity index (χ3v) is 3.56. The summed E-state index contributed by atoms with van der Waals surface area (Å²) >= 11 is 0. The molecule has 8 heteroatoms. The molecule has 0 spiro atoms. The Hall–Kier alpha value is -2.73. The van der Waals surface area contributed by atoms with Gasteiger partial charge in [0.05, 0.1) is 33.9 Å². The number of carbonyl (C=O) groups excluding carboxylic acids is 2. The molecule has 0 saturated carbocycles. The number of hydrogen-bond acceptors (Lipinski definition) is 5. The number of hydrogen-bond donors (Lipinski definition) is 2. The molecule has 1 aliphatic rings. The number of pyridine rings is 1. The number of amides is 2. The standard InChI is InChI=1S/C17H15N5O2.Zn/c1-10-14-8-5-9-15(18-14)11(2)20-22-17(24)13-7-4-3-6-12(13)16(23)21-19-10;/h3-9H,1-2H3,(H,21,23)(H,22,24);/q;+2. The van der Waals surface area contributed by atoms with Gasteiger partial charge in [0.15, 0.2) is 0 Å². The molecule has 1 aliphatic heterocycles. The molecular formula is C17H15N5O2Zn+2. The van der Waals surface area contributed by atoms with Crippen LogP contribution in [0, 0.1) is 0 Å². The molecule has 1 aromatic carbocycles. The van der Waals surface area contributed by atoms with Crippen LogP contribution in [-0.4, -0.2) is 28.2 Å². The van der Waals surface area contributed by atoms with Crippen molar-refractivity contribution in [1.29, 1.82) is 0 Å². The summed E-state index contributed by atoms with van der Waals surface area (Å²) in [6.07, 6.45) is 0. The molecule has 120 valence electrons. The number of benzene rings is 1. The maximum absolute atomic E-state index is 12.3. The Morgan fingerprint density at radius 1 is 0.720 bits per heavy atom. The van der Waals surface area contributed by atoms with Gasteiger partial charge in [-0.05, 0) is 38.1 Å². The third kappa shape index (κ3) is 4.03. The van der Waals surface area contributed by atoms with E-state index in [0.717, 1.165) is 0 Å². The molecule has 2 bridgehead atoms. The van der Waals surface area contributed by atoms with E-state index in [1.807, 2.05) is 6.07 Å². The Morgan fingerprint density at radius 3 is 1.60 bits per heavy atom. The molecule has 2 heterocycles. The number of carbonyl (C=O) groups is 2. The van der Waals surface area contributed by atoms with Crippen molar-refractivity contribution in [2.75, 3.05) is 0 Å². The van der Waals surface area contributed by atoms with Crippen molar-refractivity contribution in [2.45, 2.75) is 13.8 Å². The first-order valence-electron chi connectivity index (χ1n) is 7.32. The van der Waals surface area contributed by atoms with Gasteiger partial charge in [-0.3, -0.25) is 9.59 Å². The molecule has 0 radical (unpaired) electrons. The summed E-state index contributed by atoms with van der Waals surface area (Å²) in [5.41, 5.74) is 7.68. The van der Waals surface area contributed by atoms with Crippen LogP contribution >= 0.6 is 0 Å². The topological polar surface area (TPSA) is 95.8 Å². The van der Waals surface area contributed by atoms with Gasteiger partial charge in [0, 0.05) is 0 Å². The summed E-state index contributed by atoms with van der Waals surface area (Å²) in [5, 5.41) is 8.15. The first-order chi connectivity index (χ1) is 11.6. The van der Waals surface area contributed by atoms with E-state index in [4.69, 9.17) is 0 Å². The summed E-state index contributed by atoms with van der Waals surface area (Å²) < 4.78 is 0. The van der Waals surface area contributed by atoms with Crippen LogP contribution in [0.2, 0.25) is 0 Å². The third-order valence-electron chi connectivity index (χ3n) is 3.56. The summed E-state index contributed by atoms with van der Waals surface area (Å²) in [5.74, 6) is -0.951. The minimum Gasteiger partial charge on any atom is -0.267 e. The number of fused-ring (bicyclic) bond motifs is 3. The first-order valence-corrected chi connectivity index (χ1v) is 7.32. The van der Waals surface area contributed by atoms with Crippen LogP contribution in [0.5, 0.6) is 0 Å². The van der Waals surface area contributed by atoms with Crippen molar-refractivity contribution in [3.63, 3.8) is 0 Å². The number of rotatable bonds is 0. The molecule has 7 nitrogen and oxygen atoms in total. The molecule has 0 fully saturated rings. The van der Waals surface area contributed by atoms with Gasteiger partial charge >= 0.3 is 19.5 Å². The van der Waals surface area contributed by atoms with Crippen LogP contribution < -0.4 is 10.9 Å². The summed E-state index contributed by atoms with van der Waals surface area (Å²) in [4.78, 5) is 29.1. The SMILES string of the molecule is CC1=NNC(=O)c2ccccc2C(=O)NN=C(C)c2cccc1n2.[Zn+2]. The van der Waals surface area contributed by atoms with Crippen LogP contribution in [-0.2, 0) is 19.5 Å². The second-order valence-electron chi connectivity index (χ2n) is 5.23.